The summed E-state index contributed by atoms with van der Waals surface area (Å²) in [7, 11) is 0. The highest BCUT2D eigenvalue weighted by molar-refractivity contribution is 5.27. The van der Waals surface area contributed by atoms with Crippen LogP contribution in [0.2, 0.25) is 0 Å². The molecule has 0 spiro atoms. The van der Waals surface area contributed by atoms with E-state index in [0.29, 0.717) is 18.1 Å². The van der Waals surface area contributed by atoms with Gasteiger partial charge >= 0.3 is 0 Å². The predicted octanol–water partition coefficient (Wildman–Crippen LogP) is 2.34. The van der Waals surface area contributed by atoms with Crippen molar-refractivity contribution in [3.05, 3.63) is 41.5 Å². The summed E-state index contributed by atoms with van der Waals surface area (Å²) < 4.78 is 5.27. The molecule has 19 heavy (non-hydrogen) atoms. The van der Waals surface area contributed by atoms with Gasteiger partial charge in [0.25, 0.3) is 0 Å². The van der Waals surface area contributed by atoms with Gasteiger partial charge in [0, 0.05) is 6.42 Å². The highest BCUT2D eigenvalue weighted by atomic mass is 16.5. The average Bonchev–Trinajstić information content (AvgIpc) is 2.89. The molecule has 0 bridgehead atoms. The average molecular weight is 261 g/mol. The minimum Gasteiger partial charge on any atom is -0.508 e. The Bertz CT molecular complexity index is 530. The molecule has 0 amide bonds. The maximum atomic E-state index is 9.23. The van der Waals surface area contributed by atoms with Crippen LogP contribution >= 0.6 is 0 Å². The lowest BCUT2D eigenvalue weighted by Gasteiger charge is -2.20. The number of hydrogen-bond acceptors (Lipinski definition) is 5. The molecule has 0 fully saturated rings. The third-order valence-electron chi connectivity index (χ3n) is 3.45. The highest BCUT2D eigenvalue weighted by Crippen LogP contribution is 2.24. The zero-order chi connectivity index (χ0) is 13.9. The van der Waals surface area contributed by atoms with Gasteiger partial charge in [0.15, 0.2) is 5.82 Å². The fourth-order valence-electron chi connectivity index (χ4n) is 1.88. The molecular weight excluding hydrogens is 242 g/mol. The van der Waals surface area contributed by atoms with E-state index in [2.05, 4.69) is 10.1 Å². The molecule has 1 aromatic heterocycles. The fourth-order valence-corrected chi connectivity index (χ4v) is 1.88. The van der Waals surface area contributed by atoms with Crippen LogP contribution in [0.15, 0.2) is 28.8 Å². The monoisotopic (exact) mass is 261 g/mol. The minimum atomic E-state index is -0.541. The van der Waals surface area contributed by atoms with E-state index in [4.69, 9.17) is 10.3 Å². The molecule has 2 rings (SSSR count). The molecule has 0 aliphatic rings. The standard InChI is InChI=1S/C14H19N3O2/c1-3-14(15,4-2)13-16-12(17-19-13)9-10-5-7-11(18)8-6-10/h5-8,18H,3-4,9,15H2,1-2H3. The van der Waals surface area contributed by atoms with E-state index in [-0.39, 0.29) is 5.75 Å². The van der Waals surface area contributed by atoms with Crippen molar-refractivity contribution < 1.29 is 9.63 Å². The third-order valence-corrected chi connectivity index (χ3v) is 3.45. The first-order valence-corrected chi connectivity index (χ1v) is 6.47. The van der Waals surface area contributed by atoms with Crippen molar-refractivity contribution in [1.29, 1.82) is 0 Å². The van der Waals surface area contributed by atoms with Crippen molar-refractivity contribution in [1.82, 2.24) is 10.1 Å². The zero-order valence-electron chi connectivity index (χ0n) is 11.3. The molecule has 2 aromatic rings. The Hall–Kier alpha value is -1.88. The van der Waals surface area contributed by atoms with Crippen molar-refractivity contribution in [2.75, 3.05) is 0 Å². The minimum absolute atomic E-state index is 0.246. The maximum Gasteiger partial charge on any atom is 0.246 e. The molecular formula is C14H19N3O2. The first kappa shape index (κ1) is 13.5. The molecule has 0 saturated carbocycles. The molecule has 3 N–H and O–H groups in total. The molecule has 5 heteroatoms. The van der Waals surface area contributed by atoms with Gasteiger partial charge in [-0.3, -0.25) is 0 Å². The largest absolute Gasteiger partial charge is 0.508 e. The number of nitrogens with two attached hydrogens (primary N) is 1. The Labute approximate surface area is 112 Å². The summed E-state index contributed by atoms with van der Waals surface area (Å²) in [5, 5.41) is 13.2. The number of hydrogen-bond donors (Lipinski definition) is 2. The Morgan fingerprint density at radius 2 is 1.84 bits per heavy atom. The van der Waals surface area contributed by atoms with Crippen molar-refractivity contribution in [2.24, 2.45) is 5.73 Å². The molecule has 0 atom stereocenters. The Morgan fingerprint density at radius 3 is 2.42 bits per heavy atom. The molecule has 0 unspecified atom stereocenters. The molecule has 102 valence electrons. The molecule has 0 saturated heterocycles. The summed E-state index contributed by atoms with van der Waals surface area (Å²) in [6.07, 6.45) is 2.07. The van der Waals surface area contributed by atoms with E-state index < -0.39 is 5.54 Å². The summed E-state index contributed by atoms with van der Waals surface area (Å²) in [5.74, 6) is 1.35. The van der Waals surface area contributed by atoms with Crippen LogP contribution in [0.4, 0.5) is 0 Å². The first-order valence-electron chi connectivity index (χ1n) is 6.47. The van der Waals surface area contributed by atoms with Crippen LogP contribution in [0.5, 0.6) is 5.75 Å². The normalized spacial score (nSPS) is 11.7. The molecule has 0 aliphatic carbocycles. The molecule has 1 aromatic carbocycles. The number of benzene rings is 1. The maximum absolute atomic E-state index is 9.23. The van der Waals surface area contributed by atoms with Crippen LogP contribution in [0.1, 0.15) is 44.0 Å². The van der Waals surface area contributed by atoms with Crippen LogP contribution in [-0.2, 0) is 12.0 Å². The smallest absolute Gasteiger partial charge is 0.246 e. The van der Waals surface area contributed by atoms with Crippen LogP contribution < -0.4 is 5.73 Å². The predicted molar refractivity (Wildman–Crippen MR) is 71.7 cm³/mol. The van der Waals surface area contributed by atoms with Gasteiger partial charge in [-0.25, -0.2) is 0 Å². The second kappa shape index (κ2) is 5.40. The van der Waals surface area contributed by atoms with Gasteiger partial charge in [-0.1, -0.05) is 31.1 Å². The summed E-state index contributed by atoms with van der Waals surface area (Å²) >= 11 is 0. The molecule has 0 radical (unpaired) electrons. The van der Waals surface area contributed by atoms with Crippen LogP contribution in [0, 0.1) is 0 Å². The Balaban J connectivity index is 2.15. The molecule has 0 aliphatic heterocycles. The number of aromatic hydroxyl groups is 1. The second-order valence-electron chi connectivity index (χ2n) is 4.72. The highest BCUT2D eigenvalue weighted by Gasteiger charge is 2.29. The van der Waals surface area contributed by atoms with Gasteiger partial charge in [-0.05, 0) is 30.5 Å². The third kappa shape index (κ3) is 2.93. The zero-order valence-corrected chi connectivity index (χ0v) is 11.3. The fraction of sp³-hybridized carbons (Fsp3) is 0.429. The SMILES string of the molecule is CCC(N)(CC)c1nc(Cc2ccc(O)cc2)no1. The van der Waals surface area contributed by atoms with Gasteiger partial charge in [-0.2, -0.15) is 4.98 Å². The van der Waals surface area contributed by atoms with Gasteiger partial charge < -0.3 is 15.4 Å². The first-order chi connectivity index (χ1) is 9.07. The molecule has 5 nitrogen and oxygen atoms in total. The lowest BCUT2D eigenvalue weighted by atomic mass is 9.94. The van der Waals surface area contributed by atoms with Crippen LogP contribution in [0.3, 0.4) is 0 Å². The van der Waals surface area contributed by atoms with Crippen LogP contribution in [0.25, 0.3) is 0 Å². The summed E-state index contributed by atoms with van der Waals surface area (Å²) in [6.45, 7) is 4.01. The van der Waals surface area contributed by atoms with Crippen molar-refractivity contribution in [3.63, 3.8) is 0 Å². The van der Waals surface area contributed by atoms with E-state index in [9.17, 15) is 5.11 Å². The second-order valence-corrected chi connectivity index (χ2v) is 4.72. The van der Waals surface area contributed by atoms with Gasteiger partial charge in [0.2, 0.25) is 5.89 Å². The Kier molecular flexibility index (Phi) is 3.85. The summed E-state index contributed by atoms with van der Waals surface area (Å²) in [6, 6.07) is 6.95. The summed E-state index contributed by atoms with van der Waals surface area (Å²) in [5.41, 5.74) is 6.69. The van der Waals surface area contributed by atoms with E-state index in [1.54, 1.807) is 12.1 Å². The van der Waals surface area contributed by atoms with Crippen molar-refractivity contribution in [3.8, 4) is 5.75 Å². The topological polar surface area (TPSA) is 85.2 Å². The van der Waals surface area contributed by atoms with Gasteiger partial charge in [0.05, 0.1) is 5.54 Å². The van der Waals surface area contributed by atoms with E-state index in [0.717, 1.165) is 18.4 Å². The van der Waals surface area contributed by atoms with E-state index in [1.807, 2.05) is 26.0 Å². The number of rotatable bonds is 5. The number of aromatic nitrogens is 2. The van der Waals surface area contributed by atoms with Gasteiger partial charge in [0.1, 0.15) is 5.75 Å². The van der Waals surface area contributed by atoms with E-state index >= 15 is 0 Å². The number of nitrogens with zero attached hydrogens (tertiary/aromatic N) is 2. The van der Waals surface area contributed by atoms with E-state index in [1.165, 1.54) is 0 Å². The Morgan fingerprint density at radius 1 is 1.21 bits per heavy atom. The number of phenolic OH excluding ortho intramolecular Hbond substituents is 1. The number of phenols is 1. The summed E-state index contributed by atoms with van der Waals surface area (Å²) in [4.78, 5) is 4.38. The van der Waals surface area contributed by atoms with Gasteiger partial charge in [-0.15, -0.1) is 0 Å². The lowest BCUT2D eigenvalue weighted by molar-refractivity contribution is 0.267. The molecule has 1 heterocycles. The lowest BCUT2D eigenvalue weighted by Crippen LogP contribution is -2.35. The quantitative estimate of drug-likeness (QED) is 0.862. The van der Waals surface area contributed by atoms with Crippen molar-refractivity contribution >= 4 is 0 Å². The van der Waals surface area contributed by atoms with Crippen molar-refractivity contribution in [2.45, 2.75) is 38.6 Å². The van der Waals surface area contributed by atoms with Crippen LogP contribution in [-0.4, -0.2) is 15.2 Å².